The lowest BCUT2D eigenvalue weighted by Gasteiger charge is -2.21. The zero-order valence-corrected chi connectivity index (χ0v) is 18.7. The molecule has 1 fully saturated rings. The Morgan fingerprint density at radius 2 is 1.76 bits per heavy atom. The number of ether oxygens (including phenoxy) is 1. The van der Waals surface area contributed by atoms with E-state index in [9.17, 15) is 22.4 Å². The first kappa shape index (κ1) is 25.3. The van der Waals surface area contributed by atoms with E-state index in [4.69, 9.17) is 4.74 Å². The second kappa shape index (κ2) is 11.2. The van der Waals surface area contributed by atoms with Gasteiger partial charge in [-0.3, -0.25) is 4.79 Å². The van der Waals surface area contributed by atoms with E-state index >= 15 is 0 Å². The average molecular weight is 480 g/mol. The van der Waals surface area contributed by atoms with E-state index in [0.29, 0.717) is 17.5 Å². The Balaban J connectivity index is 0.000000396. The fraction of sp³-hybridized carbons (Fsp3) is 0.348. The molecule has 0 atom stereocenters. The second-order valence-corrected chi connectivity index (χ2v) is 7.71. The van der Waals surface area contributed by atoms with Crippen molar-refractivity contribution in [3.8, 4) is 11.5 Å². The molecule has 0 bridgehead atoms. The molecule has 0 aliphatic carbocycles. The SMILES string of the molecule is CN1CCOCC1.Cc1ccc(N(C=O)Cc2ccc(-c3nnc(C(F)(F)F)o3)cc2)c(F)c1. The van der Waals surface area contributed by atoms with Crippen LogP contribution in [-0.2, 0) is 22.3 Å². The molecule has 3 aromatic rings. The molecule has 2 aromatic carbocycles. The van der Waals surface area contributed by atoms with Crippen LogP contribution in [0, 0.1) is 12.7 Å². The first-order valence-corrected chi connectivity index (χ1v) is 10.4. The first-order valence-electron chi connectivity index (χ1n) is 10.4. The van der Waals surface area contributed by atoms with Gasteiger partial charge in [-0.15, -0.1) is 10.2 Å². The molecule has 4 rings (SSSR count). The van der Waals surface area contributed by atoms with E-state index in [1.165, 1.54) is 29.2 Å². The molecule has 2 heterocycles. The molecule has 7 nitrogen and oxygen atoms in total. The minimum atomic E-state index is -4.71. The number of aryl methyl sites for hydroxylation is 1. The van der Waals surface area contributed by atoms with Crippen LogP contribution in [0.4, 0.5) is 23.2 Å². The minimum absolute atomic E-state index is 0.0847. The van der Waals surface area contributed by atoms with Crippen molar-refractivity contribution in [3.05, 3.63) is 65.3 Å². The number of nitrogens with zero attached hydrogens (tertiary/aromatic N) is 4. The lowest BCUT2D eigenvalue weighted by Crippen LogP contribution is -2.32. The van der Waals surface area contributed by atoms with Crippen molar-refractivity contribution < 1.29 is 31.5 Å². The number of benzene rings is 2. The van der Waals surface area contributed by atoms with E-state index < -0.39 is 17.9 Å². The zero-order chi connectivity index (χ0) is 24.7. The van der Waals surface area contributed by atoms with Crippen LogP contribution in [0.3, 0.4) is 0 Å². The van der Waals surface area contributed by atoms with Gasteiger partial charge in [0.1, 0.15) is 5.82 Å². The van der Waals surface area contributed by atoms with Gasteiger partial charge < -0.3 is 19.0 Å². The summed E-state index contributed by atoms with van der Waals surface area (Å²) in [5, 5.41) is 6.34. The van der Waals surface area contributed by atoms with Crippen molar-refractivity contribution >= 4 is 12.1 Å². The fourth-order valence-electron chi connectivity index (χ4n) is 3.08. The van der Waals surface area contributed by atoms with E-state index in [2.05, 4.69) is 26.6 Å². The molecular weight excluding hydrogens is 456 g/mol. The maximum Gasteiger partial charge on any atom is 0.470 e. The highest BCUT2D eigenvalue weighted by Gasteiger charge is 2.38. The number of morpholine rings is 1. The third-order valence-electron chi connectivity index (χ3n) is 5.00. The zero-order valence-electron chi connectivity index (χ0n) is 18.7. The summed E-state index contributed by atoms with van der Waals surface area (Å²) in [6.45, 7) is 5.84. The summed E-state index contributed by atoms with van der Waals surface area (Å²) in [6, 6.07) is 10.6. The normalized spacial score (nSPS) is 14.3. The quantitative estimate of drug-likeness (QED) is 0.400. The molecule has 0 spiro atoms. The molecule has 1 aliphatic rings. The Bertz CT molecular complexity index is 1080. The highest BCUT2D eigenvalue weighted by atomic mass is 19.4. The second-order valence-electron chi connectivity index (χ2n) is 7.71. The fourth-order valence-corrected chi connectivity index (χ4v) is 3.08. The van der Waals surface area contributed by atoms with Crippen LogP contribution >= 0.6 is 0 Å². The van der Waals surface area contributed by atoms with E-state index in [1.54, 1.807) is 25.1 Å². The molecule has 1 saturated heterocycles. The van der Waals surface area contributed by atoms with Crippen molar-refractivity contribution in [1.29, 1.82) is 0 Å². The number of likely N-dealkylation sites (N-methyl/N-ethyl adjacent to an activating group) is 1. The number of anilines is 1. The monoisotopic (exact) mass is 480 g/mol. The van der Waals surface area contributed by atoms with Gasteiger partial charge in [0.05, 0.1) is 25.4 Å². The van der Waals surface area contributed by atoms with Gasteiger partial charge in [0, 0.05) is 18.7 Å². The number of carbonyl (C=O) groups excluding carboxylic acids is 1. The predicted octanol–water partition coefficient (Wildman–Crippen LogP) is 4.31. The number of rotatable bonds is 5. The predicted molar refractivity (Wildman–Crippen MR) is 116 cm³/mol. The molecule has 0 unspecified atom stereocenters. The summed E-state index contributed by atoms with van der Waals surface area (Å²) in [5.74, 6) is -2.22. The summed E-state index contributed by atoms with van der Waals surface area (Å²) in [4.78, 5) is 14.8. The van der Waals surface area contributed by atoms with Gasteiger partial charge in [0.15, 0.2) is 0 Å². The van der Waals surface area contributed by atoms with Gasteiger partial charge in [-0.2, -0.15) is 13.2 Å². The number of hydrogen-bond acceptors (Lipinski definition) is 6. The first-order chi connectivity index (χ1) is 16.2. The van der Waals surface area contributed by atoms with E-state index in [0.717, 1.165) is 31.9 Å². The van der Waals surface area contributed by atoms with Crippen LogP contribution in [0.25, 0.3) is 11.5 Å². The largest absolute Gasteiger partial charge is 0.470 e. The molecule has 0 N–H and O–H groups in total. The van der Waals surface area contributed by atoms with Gasteiger partial charge in [-0.25, -0.2) is 4.39 Å². The summed E-state index contributed by atoms with van der Waals surface area (Å²) in [5.41, 5.74) is 1.79. The van der Waals surface area contributed by atoms with Crippen LogP contribution in [0.2, 0.25) is 0 Å². The van der Waals surface area contributed by atoms with Crippen LogP contribution < -0.4 is 4.90 Å². The molecule has 182 valence electrons. The Hall–Kier alpha value is -3.31. The van der Waals surface area contributed by atoms with Gasteiger partial charge in [0.2, 0.25) is 12.3 Å². The summed E-state index contributed by atoms with van der Waals surface area (Å²) < 4.78 is 61.3. The topological polar surface area (TPSA) is 71.7 Å². The number of carbonyl (C=O) groups is 1. The molecule has 0 saturated carbocycles. The Labute approximate surface area is 193 Å². The van der Waals surface area contributed by atoms with E-state index in [-0.39, 0.29) is 18.1 Å². The van der Waals surface area contributed by atoms with Crippen molar-refractivity contribution in [1.82, 2.24) is 15.1 Å². The van der Waals surface area contributed by atoms with Crippen LogP contribution in [0.1, 0.15) is 17.0 Å². The summed E-state index contributed by atoms with van der Waals surface area (Å²) in [7, 11) is 2.11. The van der Waals surface area contributed by atoms with Crippen molar-refractivity contribution in [2.24, 2.45) is 0 Å². The molecule has 1 amide bonds. The number of aromatic nitrogens is 2. The average Bonchev–Trinajstić information content (AvgIpc) is 3.30. The van der Waals surface area contributed by atoms with Crippen molar-refractivity contribution in [3.63, 3.8) is 0 Å². The molecule has 34 heavy (non-hydrogen) atoms. The smallest absolute Gasteiger partial charge is 0.413 e. The third-order valence-corrected chi connectivity index (χ3v) is 5.00. The maximum atomic E-state index is 14.1. The lowest BCUT2D eigenvalue weighted by molar-refractivity contribution is -0.156. The van der Waals surface area contributed by atoms with Crippen LogP contribution in [0.15, 0.2) is 46.9 Å². The van der Waals surface area contributed by atoms with Crippen LogP contribution in [0.5, 0.6) is 0 Å². The Morgan fingerprint density at radius 3 is 2.26 bits per heavy atom. The third kappa shape index (κ3) is 6.84. The Kier molecular flexibility index (Phi) is 8.35. The minimum Gasteiger partial charge on any atom is -0.413 e. The van der Waals surface area contributed by atoms with Gasteiger partial charge >= 0.3 is 12.1 Å². The maximum absolute atomic E-state index is 14.1. The highest BCUT2D eigenvalue weighted by Crippen LogP contribution is 2.30. The summed E-state index contributed by atoms with van der Waals surface area (Å²) >= 11 is 0. The number of alkyl halides is 3. The number of hydrogen-bond donors (Lipinski definition) is 0. The number of amides is 1. The molecule has 11 heteroatoms. The standard InChI is InChI=1S/C18H13F4N3O2.C5H11NO/c1-11-2-7-15(14(19)8-11)25(10-26)9-12-3-5-13(6-4-12)16-23-24-17(27-16)18(20,21)22;1-6-2-4-7-5-3-6/h2-8,10H,9H2,1H3;2-5H2,1H3. The molecule has 1 aliphatic heterocycles. The van der Waals surface area contributed by atoms with Gasteiger partial charge in [-0.05, 0) is 49.4 Å². The van der Waals surface area contributed by atoms with Crippen molar-refractivity contribution in [2.45, 2.75) is 19.6 Å². The highest BCUT2D eigenvalue weighted by molar-refractivity contribution is 5.75. The molecule has 1 aromatic heterocycles. The van der Waals surface area contributed by atoms with E-state index in [1.807, 2.05) is 0 Å². The Morgan fingerprint density at radius 1 is 1.09 bits per heavy atom. The van der Waals surface area contributed by atoms with Gasteiger partial charge in [-0.1, -0.05) is 18.2 Å². The van der Waals surface area contributed by atoms with Crippen molar-refractivity contribution in [2.75, 3.05) is 38.3 Å². The van der Waals surface area contributed by atoms with Crippen LogP contribution in [-0.4, -0.2) is 54.9 Å². The molecule has 0 radical (unpaired) electrons. The summed E-state index contributed by atoms with van der Waals surface area (Å²) in [6.07, 6.45) is -4.21. The number of halogens is 4. The molecular formula is C23H24F4N4O3. The lowest BCUT2D eigenvalue weighted by atomic mass is 10.1. The van der Waals surface area contributed by atoms with Gasteiger partial charge in [0.25, 0.3) is 0 Å².